The van der Waals surface area contributed by atoms with Gasteiger partial charge in [-0.1, -0.05) is 13.8 Å². The number of carbonyl (C=O) groups is 3. The lowest BCUT2D eigenvalue weighted by molar-refractivity contribution is -0.134. The first-order valence-corrected chi connectivity index (χ1v) is 16.1. The molecule has 1 aromatic carbocycles. The first-order valence-electron chi connectivity index (χ1n) is 14.5. The second-order valence-electron chi connectivity index (χ2n) is 11.5. The molecular weight excluding hydrogens is 560 g/mol. The van der Waals surface area contributed by atoms with Gasteiger partial charge in [0.1, 0.15) is 5.75 Å². The van der Waals surface area contributed by atoms with E-state index in [0.717, 1.165) is 30.5 Å². The minimum absolute atomic E-state index is 0.0232. The van der Waals surface area contributed by atoms with Crippen molar-refractivity contribution in [1.82, 2.24) is 24.9 Å². The lowest BCUT2D eigenvalue weighted by Crippen LogP contribution is -2.45. The number of sulfonamides is 1. The van der Waals surface area contributed by atoms with Crippen LogP contribution >= 0.6 is 0 Å². The summed E-state index contributed by atoms with van der Waals surface area (Å²) in [6, 6.07) is 3.87. The van der Waals surface area contributed by atoms with Crippen LogP contribution in [0.2, 0.25) is 0 Å². The van der Waals surface area contributed by atoms with Crippen LogP contribution in [-0.2, 0) is 34.7 Å². The van der Waals surface area contributed by atoms with Crippen molar-refractivity contribution in [3.05, 3.63) is 40.7 Å². The van der Waals surface area contributed by atoms with Gasteiger partial charge in [-0.2, -0.15) is 5.10 Å². The van der Waals surface area contributed by atoms with Gasteiger partial charge in [0.15, 0.2) is 5.69 Å². The average molecular weight is 603 g/mol. The number of benzene rings is 1. The fourth-order valence-electron chi connectivity index (χ4n) is 5.76. The molecule has 1 aliphatic heterocycles. The van der Waals surface area contributed by atoms with Crippen LogP contribution in [0.25, 0.3) is 0 Å². The highest BCUT2D eigenvalue weighted by Gasteiger charge is 2.33. The van der Waals surface area contributed by atoms with Crippen LogP contribution in [0.1, 0.15) is 78.1 Å². The van der Waals surface area contributed by atoms with Crippen molar-refractivity contribution in [3.63, 3.8) is 0 Å². The van der Waals surface area contributed by atoms with Gasteiger partial charge < -0.3 is 19.9 Å². The number of hydrogen-bond donors (Lipinski definition) is 2. The maximum atomic E-state index is 13.7. The zero-order valence-corrected chi connectivity index (χ0v) is 25.7. The molecule has 1 atom stereocenters. The Kier molecular flexibility index (Phi) is 9.93. The fourth-order valence-corrected chi connectivity index (χ4v) is 6.30. The van der Waals surface area contributed by atoms with Gasteiger partial charge in [0.2, 0.25) is 15.9 Å². The molecule has 3 N–H and O–H groups in total. The Balaban J connectivity index is 1.63. The minimum Gasteiger partial charge on any atom is -0.496 e. The number of amides is 3. The topological polar surface area (TPSA) is 157 Å². The summed E-state index contributed by atoms with van der Waals surface area (Å²) in [5, 5.41) is 12.8. The van der Waals surface area contributed by atoms with Crippen molar-refractivity contribution >= 4 is 27.7 Å². The van der Waals surface area contributed by atoms with Crippen LogP contribution in [-0.4, -0.2) is 85.1 Å². The quantitative estimate of drug-likeness (QED) is 0.511. The van der Waals surface area contributed by atoms with E-state index in [4.69, 9.17) is 9.88 Å². The Morgan fingerprint density at radius 3 is 2.62 bits per heavy atom. The van der Waals surface area contributed by atoms with Crippen LogP contribution < -0.4 is 15.2 Å². The molecular formula is C29H42N6O6S. The number of aryl methyl sites for hydroxylation is 1. The molecule has 0 saturated heterocycles. The van der Waals surface area contributed by atoms with Gasteiger partial charge in [0.25, 0.3) is 11.8 Å². The number of methoxy groups -OCH3 is 1. The van der Waals surface area contributed by atoms with E-state index in [1.165, 1.54) is 25.3 Å². The maximum absolute atomic E-state index is 13.7. The third-order valence-corrected chi connectivity index (χ3v) is 8.99. The van der Waals surface area contributed by atoms with Gasteiger partial charge in [-0.15, -0.1) is 0 Å². The van der Waals surface area contributed by atoms with E-state index in [9.17, 15) is 22.8 Å². The van der Waals surface area contributed by atoms with Gasteiger partial charge in [-0.25, -0.2) is 13.6 Å². The van der Waals surface area contributed by atoms with Gasteiger partial charge >= 0.3 is 0 Å². The second-order valence-corrected chi connectivity index (χ2v) is 13.0. The van der Waals surface area contributed by atoms with Crippen LogP contribution in [0.3, 0.4) is 0 Å². The molecule has 42 heavy (non-hydrogen) atoms. The summed E-state index contributed by atoms with van der Waals surface area (Å²) in [4.78, 5) is 43.9. The molecule has 13 heteroatoms. The van der Waals surface area contributed by atoms with E-state index in [-0.39, 0.29) is 53.6 Å². The molecule has 0 saturated carbocycles. The van der Waals surface area contributed by atoms with Crippen molar-refractivity contribution < 1.29 is 27.5 Å². The minimum atomic E-state index is -4.05. The van der Waals surface area contributed by atoms with E-state index in [1.54, 1.807) is 9.58 Å². The van der Waals surface area contributed by atoms with Crippen LogP contribution in [0.4, 0.5) is 0 Å². The molecule has 2 aliphatic rings. The van der Waals surface area contributed by atoms with Crippen molar-refractivity contribution in [2.24, 2.45) is 18.1 Å². The number of carbonyl (C=O) groups excluding carboxylic acids is 3. The first kappa shape index (κ1) is 31.5. The maximum Gasteiger partial charge on any atom is 0.272 e. The molecule has 1 unspecified atom stereocenters. The van der Waals surface area contributed by atoms with Gasteiger partial charge in [-0.05, 0) is 62.6 Å². The highest BCUT2D eigenvalue weighted by Crippen LogP contribution is 2.29. The van der Waals surface area contributed by atoms with Crippen molar-refractivity contribution in [2.45, 2.75) is 69.7 Å². The van der Waals surface area contributed by atoms with Crippen LogP contribution in [0, 0.1) is 5.92 Å². The van der Waals surface area contributed by atoms with Gasteiger partial charge in [-0.3, -0.25) is 19.1 Å². The molecule has 1 aliphatic carbocycles. The smallest absolute Gasteiger partial charge is 0.272 e. The molecule has 0 radical (unpaired) electrons. The van der Waals surface area contributed by atoms with Crippen molar-refractivity contribution in [2.75, 3.05) is 33.3 Å². The monoisotopic (exact) mass is 602 g/mol. The van der Waals surface area contributed by atoms with Gasteiger partial charge in [0.05, 0.1) is 17.6 Å². The fraction of sp³-hybridized carbons (Fsp3) is 0.586. The number of nitrogens with zero attached hydrogens (tertiary/aromatic N) is 4. The predicted octanol–water partition coefficient (Wildman–Crippen LogP) is 1.86. The van der Waals surface area contributed by atoms with Crippen molar-refractivity contribution in [3.8, 4) is 5.75 Å². The molecule has 3 amide bonds. The molecule has 230 valence electrons. The standard InChI is InChI=1S/C29H42N6O6S/c1-19(2)12-16-35-20-8-10-24-22(17-20)27(32-33(24)3)28(37)31-13-6-15-34(14-5-7-26(35)36)29(38)23-18-21(42(30,39)40)9-11-25(23)41-4/h9,11,18-20H,5-8,10,12-17H2,1-4H3,(H,31,37)(H2,30,39,40). The Morgan fingerprint density at radius 2 is 1.93 bits per heavy atom. The number of fused-ring (bicyclic) bond motifs is 1. The molecule has 12 nitrogen and oxygen atoms in total. The summed E-state index contributed by atoms with van der Waals surface area (Å²) in [7, 11) is -0.804. The molecule has 2 heterocycles. The first-order chi connectivity index (χ1) is 19.9. The Labute approximate surface area is 247 Å². The third-order valence-electron chi connectivity index (χ3n) is 8.08. The zero-order valence-electron chi connectivity index (χ0n) is 24.9. The summed E-state index contributed by atoms with van der Waals surface area (Å²) in [6.07, 6.45) is 4.12. The number of hydrogen-bond acceptors (Lipinski definition) is 7. The Hall–Kier alpha value is -3.45. The Morgan fingerprint density at radius 1 is 1.19 bits per heavy atom. The van der Waals surface area contributed by atoms with E-state index in [0.29, 0.717) is 44.0 Å². The van der Waals surface area contributed by atoms with Crippen molar-refractivity contribution in [1.29, 1.82) is 0 Å². The number of primary sulfonamides is 1. The molecule has 2 bridgehead atoms. The number of aromatic nitrogens is 2. The number of ether oxygens (including phenoxy) is 1. The Bertz CT molecular complexity index is 1440. The number of nitrogens with two attached hydrogens (primary N) is 1. The molecule has 0 spiro atoms. The van der Waals surface area contributed by atoms with E-state index in [2.05, 4.69) is 24.3 Å². The lowest BCUT2D eigenvalue weighted by atomic mass is 9.89. The normalized spacial score (nSPS) is 18.9. The molecule has 1 aromatic heterocycles. The molecule has 0 fully saturated rings. The molecule has 4 rings (SSSR count). The lowest BCUT2D eigenvalue weighted by Gasteiger charge is -2.35. The summed E-state index contributed by atoms with van der Waals surface area (Å²) in [6.45, 7) is 5.74. The van der Waals surface area contributed by atoms with Gasteiger partial charge in [0, 0.05) is 56.9 Å². The largest absolute Gasteiger partial charge is 0.496 e. The summed E-state index contributed by atoms with van der Waals surface area (Å²) in [5.74, 6) is -0.0563. The second kappa shape index (κ2) is 13.2. The highest BCUT2D eigenvalue weighted by atomic mass is 32.2. The summed E-state index contributed by atoms with van der Waals surface area (Å²) in [5.41, 5.74) is 2.39. The van der Waals surface area contributed by atoms with E-state index >= 15 is 0 Å². The number of nitrogens with one attached hydrogen (secondary N) is 1. The third kappa shape index (κ3) is 7.12. The predicted molar refractivity (Wildman–Crippen MR) is 157 cm³/mol. The molecule has 2 aromatic rings. The average Bonchev–Trinajstić information content (AvgIpc) is 3.28. The van der Waals surface area contributed by atoms with E-state index in [1.807, 2.05) is 11.9 Å². The SMILES string of the molecule is COc1ccc(S(N)(=O)=O)cc1C(=O)N1CCCNC(=O)c2nn(C)c3c2CC(CC3)N(CCC(C)C)C(=O)CCC1. The van der Waals surface area contributed by atoms with E-state index < -0.39 is 15.9 Å². The van der Waals surface area contributed by atoms with Crippen LogP contribution in [0.15, 0.2) is 23.1 Å². The number of rotatable bonds is 6. The summed E-state index contributed by atoms with van der Waals surface area (Å²) >= 11 is 0. The summed E-state index contributed by atoms with van der Waals surface area (Å²) < 4.78 is 31.1. The highest BCUT2D eigenvalue weighted by molar-refractivity contribution is 7.89. The van der Waals surface area contributed by atoms with Crippen LogP contribution in [0.5, 0.6) is 5.75 Å². The zero-order chi connectivity index (χ0) is 30.6.